The Hall–Kier alpha value is -1.43. The van der Waals surface area contributed by atoms with E-state index in [1.54, 1.807) is 29.8 Å². The summed E-state index contributed by atoms with van der Waals surface area (Å²) in [4.78, 5) is 19.6. The summed E-state index contributed by atoms with van der Waals surface area (Å²) in [6, 6.07) is 1.76. The molecule has 2 heterocycles. The number of halogens is 1. The Bertz CT molecular complexity index is 509. The zero-order chi connectivity index (χ0) is 10.8. The molecule has 0 saturated carbocycles. The minimum Gasteiger partial charge on any atom is -0.461 e. The lowest BCUT2D eigenvalue weighted by Gasteiger charge is -1.97. The zero-order valence-corrected chi connectivity index (χ0v) is 9.56. The van der Waals surface area contributed by atoms with Crippen molar-refractivity contribution >= 4 is 27.7 Å². The lowest BCUT2D eigenvalue weighted by atomic mass is 10.5. The molecule has 2 aromatic rings. The second kappa shape index (κ2) is 3.98. The molecule has 15 heavy (non-hydrogen) atoms. The van der Waals surface area contributed by atoms with Gasteiger partial charge in [0.25, 0.3) is 0 Å². The van der Waals surface area contributed by atoms with E-state index in [0.717, 1.165) is 0 Å². The molecule has 0 aliphatic heterocycles. The molecule has 2 aromatic heterocycles. The van der Waals surface area contributed by atoms with E-state index in [1.165, 1.54) is 0 Å². The van der Waals surface area contributed by atoms with Crippen LogP contribution in [0.4, 0.5) is 0 Å². The first-order valence-electron chi connectivity index (χ1n) is 4.39. The predicted octanol–water partition coefficient (Wildman–Crippen LogP) is 1.67. The minimum atomic E-state index is -0.449. The number of hydrogen-bond acceptors (Lipinski definition) is 4. The number of nitrogens with zero attached hydrogens (tertiary/aromatic N) is 3. The number of imidazole rings is 1. The van der Waals surface area contributed by atoms with Gasteiger partial charge in [0.2, 0.25) is 5.78 Å². The molecule has 0 fully saturated rings. The maximum atomic E-state index is 11.5. The molecule has 0 spiro atoms. The fourth-order valence-corrected chi connectivity index (χ4v) is 1.72. The number of aromatic nitrogens is 3. The van der Waals surface area contributed by atoms with Crippen LogP contribution >= 0.6 is 15.9 Å². The van der Waals surface area contributed by atoms with Crippen LogP contribution in [0.25, 0.3) is 5.78 Å². The van der Waals surface area contributed by atoms with Crippen molar-refractivity contribution in [2.24, 2.45) is 0 Å². The summed E-state index contributed by atoms with van der Waals surface area (Å²) in [6.07, 6.45) is 3.38. The van der Waals surface area contributed by atoms with Crippen molar-refractivity contribution < 1.29 is 9.53 Å². The molecule has 5 nitrogen and oxygen atoms in total. The fraction of sp³-hybridized carbons (Fsp3) is 0.222. The van der Waals surface area contributed by atoms with Gasteiger partial charge in [-0.3, -0.25) is 4.40 Å². The van der Waals surface area contributed by atoms with E-state index < -0.39 is 5.97 Å². The number of rotatable bonds is 2. The quantitative estimate of drug-likeness (QED) is 0.779. The van der Waals surface area contributed by atoms with Crippen LogP contribution in [-0.4, -0.2) is 26.9 Å². The third-order valence-electron chi connectivity index (χ3n) is 1.81. The van der Waals surface area contributed by atoms with Gasteiger partial charge in [0.05, 0.1) is 6.61 Å². The highest BCUT2D eigenvalue weighted by Crippen LogP contribution is 2.18. The number of fused-ring (bicyclic) bond motifs is 1. The Labute approximate surface area is 94.2 Å². The molecule has 0 amide bonds. The Morgan fingerprint density at radius 3 is 3.13 bits per heavy atom. The van der Waals surface area contributed by atoms with Crippen molar-refractivity contribution in [3.63, 3.8) is 0 Å². The fourth-order valence-electron chi connectivity index (χ4n) is 1.19. The predicted molar refractivity (Wildman–Crippen MR) is 56.6 cm³/mol. The third kappa shape index (κ3) is 1.72. The lowest BCUT2D eigenvalue weighted by Crippen LogP contribution is -2.05. The van der Waals surface area contributed by atoms with Gasteiger partial charge in [-0.2, -0.15) is 0 Å². The summed E-state index contributed by atoms with van der Waals surface area (Å²) >= 11 is 3.28. The summed E-state index contributed by atoms with van der Waals surface area (Å²) in [5, 5.41) is 0. The molecule has 0 atom stereocenters. The van der Waals surface area contributed by atoms with Crippen molar-refractivity contribution in [3.05, 3.63) is 28.8 Å². The van der Waals surface area contributed by atoms with E-state index in [0.29, 0.717) is 17.0 Å². The largest absolute Gasteiger partial charge is 0.461 e. The molecule has 0 unspecified atom stereocenters. The van der Waals surface area contributed by atoms with Gasteiger partial charge < -0.3 is 4.74 Å². The summed E-state index contributed by atoms with van der Waals surface area (Å²) in [5.74, 6) is 0.0160. The Morgan fingerprint density at radius 2 is 2.47 bits per heavy atom. The average Bonchev–Trinajstić information content (AvgIpc) is 2.57. The molecule has 2 rings (SSSR count). The van der Waals surface area contributed by atoms with Gasteiger partial charge in [0, 0.05) is 12.4 Å². The summed E-state index contributed by atoms with van der Waals surface area (Å²) in [5.41, 5.74) is 0.246. The van der Waals surface area contributed by atoms with Gasteiger partial charge in [-0.1, -0.05) is 0 Å². The molecule has 0 bridgehead atoms. The van der Waals surface area contributed by atoms with Crippen LogP contribution in [0.15, 0.2) is 23.1 Å². The van der Waals surface area contributed by atoms with Gasteiger partial charge >= 0.3 is 5.97 Å². The first-order chi connectivity index (χ1) is 7.24. The van der Waals surface area contributed by atoms with Crippen LogP contribution in [0.2, 0.25) is 0 Å². The second-order valence-electron chi connectivity index (χ2n) is 2.76. The van der Waals surface area contributed by atoms with Crippen LogP contribution in [0, 0.1) is 0 Å². The summed E-state index contributed by atoms with van der Waals surface area (Å²) in [7, 11) is 0. The van der Waals surface area contributed by atoms with Gasteiger partial charge in [0.15, 0.2) is 5.69 Å². The molecule has 0 saturated heterocycles. The minimum absolute atomic E-state index is 0.246. The monoisotopic (exact) mass is 269 g/mol. The van der Waals surface area contributed by atoms with E-state index in [4.69, 9.17) is 4.74 Å². The van der Waals surface area contributed by atoms with Crippen molar-refractivity contribution in [1.29, 1.82) is 0 Å². The van der Waals surface area contributed by atoms with E-state index in [2.05, 4.69) is 25.9 Å². The maximum Gasteiger partial charge on any atom is 0.359 e. The Kier molecular flexibility index (Phi) is 2.68. The standard InChI is InChI=1S/C9H8BrN3O2/c1-2-15-8(14)6-7(10)13-5-3-4-11-9(13)12-6/h3-5H,2H2,1H3. The van der Waals surface area contributed by atoms with E-state index in [1.807, 2.05) is 0 Å². The maximum absolute atomic E-state index is 11.5. The van der Waals surface area contributed by atoms with E-state index >= 15 is 0 Å². The highest BCUT2D eigenvalue weighted by molar-refractivity contribution is 9.10. The van der Waals surface area contributed by atoms with E-state index in [9.17, 15) is 4.79 Å². The molecule has 0 radical (unpaired) electrons. The van der Waals surface area contributed by atoms with Crippen molar-refractivity contribution in [2.45, 2.75) is 6.92 Å². The third-order valence-corrected chi connectivity index (χ3v) is 2.57. The molecular formula is C9H8BrN3O2. The second-order valence-corrected chi connectivity index (χ2v) is 3.51. The highest BCUT2D eigenvalue weighted by Gasteiger charge is 2.18. The van der Waals surface area contributed by atoms with Crippen LogP contribution in [0.5, 0.6) is 0 Å². The first-order valence-corrected chi connectivity index (χ1v) is 5.19. The first kappa shape index (κ1) is 10.1. The van der Waals surface area contributed by atoms with E-state index in [-0.39, 0.29) is 5.69 Å². The Balaban J connectivity index is 2.53. The van der Waals surface area contributed by atoms with Crippen LogP contribution in [0.1, 0.15) is 17.4 Å². The SMILES string of the molecule is CCOC(=O)c1nc2ncccn2c1Br. The molecule has 0 aliphatic rings. The van der Waals surface area contributed by atoms with Crippen molar-refractivity contribution in [1.82, 2.24) is 14.4 Å². The molecule has 0 aliphatic carbocycles. The summed E-state index contributed by atoms with van der Waals surface area (Å²) in [6.45, 7) is 2.08. The van der Waals surface area contributed by atoms with Crippen LogP contribution < -0.4 is 0 Å². The van der Waals surface area contributed by atoms with Crippen LogP contribution in [-0.2, 0) is 4.74 Å². The van der Waals surface area contributed by atoms with Gasteiger partial charge in [-0.25, -0.2) is 14.8 Å². The molecule has 0 aromatic carbocycles. The number of carbonyl (C=O) groups excluding carboxylic acids is 1. The molecule has 78 valence electrons. The van der Waals surface area contributed by atoms with Gasteiger partial charge in [0.1, 0.15) is 4.60 Å². The van der Waals surface area contributed by atoms with Crippen molar-refractivity contribution in [2.75, 3.05) is 6.61 Å². The highest BCUT2D eigenvalue weighted by atomic mass is 79.9. The van der Waals surface area contributed by atoms with Gasteiger partial charge in [-0.15, -0.1) is 0 Å². The number of carbonyl (C=O) groups is 1. The van der Waals surface area contributed by atoms with Crippen molar-refractivity contribution in [3.8, 4) is 0 Å². The normalized spacial score (nSPS) is 10.5. The zero-order valence-electron chi connectivity index (χ0n) is 7.98. The number of ether oxygens (including phenoxy) is 1. The van der Waals surface area contributed by atoms with Crippen LogP contribution in [0.3, 0.4) is 0 Å². The lowest BCUT2D eigenvalue weighted by molar-refractivity contribution is 0.0519. The molecule has 6 heteroatoms. The topological polar surface area (TPSA) is 56.5 Å². The average molecular weight is 270 g/mol. The smallest absolute Gasteiger partial charge is 0.359 e. The molecule has 0 N–H and O–H groups in total. The Morgan fingerprint density at radius 1 is 1.67 bits per heavy atom. The number of esters is 1. The summed E-state index contributed by atoms with van der Waals surface area (Å²) < 4.78 is 7.10. The number of hydrogen-bond donors (Lipinski definition) is 0. The molecular weight excluding hydrogens is 262 g/mol. The van der Waals surface area contributed by atoms with Gasteiger partial charge in [-0.05, 0) is 28.9 Å².